The van der Waals surface area contributed by atoms with Gasteiger partial charge in [0.15, 0.2) is 11.5 Å². The first-order valence-electron chi connectivity index (χ1n) is 10.9. The highest BCUT2D eigenvalue weighted by Gasteiger charge is 2.47. The summed E-state index contributed by atoms with van der Waals surface area (Å²) in [4.78, 5) is 18.7. The molecule has 3 aromatic rings. The molecular weight excluding hydrogens is 469 g/mol. The first kappa shape index (κ1) is 24.9. The van der Waals surface area contributed by atoms with Crippen LogP contribution in [0.2, 0.25) is 0 Å². The van der Waals surface area contributed by atoms with Gasteiger partial charge in [-0.25, -0.2) is 4.98 Å². The molecule has 3 atom stereocenters. The van der Waals surface area contributed by atoms with Crippen LogP contribution in [-0.2, 0) is 20.4 Å². The van der Waals surface area contributed by atoms with Gasteiger partial charge in [-0.3, -0.25) is 9.78 Å². The molecule has 188 valence electrons. The minimum absolute atomic E-state index is 0.0259. The molecule has 2 fully saturated rings. The number of halogens is 3. The van der Waals surface area contributed by atoms with E-state index in [4.69, 9.17) is 24.4 Å². The van der Waals surface area contributed by atoms with Gasteiger partial charge < -0.3 is 29.7 Å². The Morgan fingerprint density at radius 1 is 1.23 bits per heavy atom. The Morgan fingerprint density at radius 3 is 2.74 bits per heavy atom. The van der Waals surface area contributed by atoms with Gasteiger partial charge in [-0.1, -0.05) is 0 Å². The number of anilines is 1. The molecule has 9 nitrogen and oxygen atoms in total. The van der Waals surface area contributed by atoms with Crippen LogP contribution < -0.4 is 11.1 Å². The Labute approximate surface area is 198 Å². The number of nitrogens with zero attached hydrogens (tertiary/aromatic N) is 2. The van der Waals surface area contributed by atoms with Crippen LogP contribution in [0.15, 0.2) is 47.3 Å². The molecule has 3 N–H and O–H groups in total. The third-order valence-corrected chi connectivity index (χ3v) is 5.44. The molecule has 0 radical (unpaired) electrons. The van der Waals surface area contributed by atoms with E-state index in [1.54, 1.807) is 18.4 Å². The molecule has 3 unspecified atom stereocenters. The van der Waals surface area contributed by atoms with E-state index in [0.29, 0.717) is 24.9 Å². The fourth-order valence-electron chi connectivity index (χ4n) is 3.93. The average molecular weight is 494 g/mol. The molecule has 0 spiro atoms. The Hall–Kier alpha value is -3.22. The molecule has 35 heavy (non-hydrogen) atoms. The Morgan fingerprint density at radius 2 is 2.03 bits per heavy atom. The zero-order chi connectivity index (χ0) is 25.2. The van der Waals surface area contributed by atoms with Crippen molar-refractivity contribution in [3.63, 3.8) is 0 Å². The summed E-state index contributed by atoms with van der Waals surface area (Å²) in [5.41, 5.74) is 5.27. The quantitative estimate of drug-likeness (QED) is 0.567. The van der Waals surface area contributed by atoms with Crippen molar-refractivity contribution in [3.8, 4) is 0 Å². The second-order valence-electron chi connectivity index (χ2n) is 8.55. The number of rotatable bonds is 3. The first-order chi connectivity index (χ1) is 16.5. The maximum Gasteiger partial charge on any atom is 0.434 e. The minimum Gasteiger partial charge on any atom is -0.464 e. The van der Waals surface area contributed by atoms with Crippen LogP contribution in [0, 0.1) is 0 Å². The number of hydrogen-bond acceptors (Lipinski definition) is 8. The monoisotopic (exact) mass is 494 g/mol. The van der Waals surface area contributed by atoms with Gasteiger partial charge in [-0.2, -0.15) is 13.2 Å². The van der Waals surface area contributed by atoms with Crippen molar-refractivity contribution < 1.29 is 36.6 Å². The maximum atomic E-state index is 12.4. The van der Waals surface area contributed by atoms with Crippen LogP contribution in [0.1, 0.15) is 36.3 Å². The van der Waals surface area contributed by atoms with Crippen LogP contribution >= 0.6 is 0 Å². The topological polar surface area (TPSA) is 122 Å². The van der Waals surface area contributed by atoms with E-state index in [2.05, 4.69) is 15.3 Å². The summed E-state index contributed by atoms with van der Waals surface area (Å²) in [5, 5.41) is 3.84. The largest absolute Gasteiger partial charge is 0.464 e. The van der Waals surface area contributed by atoms with Crippen LogP contribution in [0.5, 0.6) is 0 Å². The molecule has 2 aliphatic heterocycles. The Kier molecular flexibility index (Phi) is 6.97. The van der Waals surface area contributed by atoms with Gasteiger partial charge in [0.25, 0.3) is 5.91 Å². The molecule has 12 heteroatoms. The second-order valence-corrected chi connectivity index (χ2v) is 8.55. The number of ether oxygens (including phenoxy) is 3. The number of benzene rings is 1. The number of nitrogen functional groups attached to an aromatic ring is 1. The summed E-state index contributed by atoms with van der Waals surface area (Å²) in [6, 6.07) is 7.21. The molecule has 0 aliphatic carbocycles. The predicted octanol–water partition coefficient (Wildman–Crippen LogP) is 3.55. The molecule has 2 aromatic heterocycles. The smallest absolute Gasteiger partial charge is 0.434 e. The number of amides is 1. The van der Waals surface area contributed by atoms with Gasteiger partial charge in [0.2, 0.25) is 0 Å². The van der Waals surface area contributed by atoms with Crippen LogP contribution in [0.3, 0.4) is 0 Å². The van der Waals surface area contributed by atoms with E-state index >= 15 is 0 Å². The van der Waals surface area contributed by atoms with Crippen LogP contribution in [0.25, 0.3) is 11.0 Å². The number of carbonyl (C=O) groups excluding carboxylic acids is 1. The molecule has 0 bridgehead atoms. The Bertz CT molecular complexity index is 1180. The number of carbonyl (C=O) groups is 1. The fraction of sp³-hybridized carbons (Fsp3) is 0.435. The van der Waals surface area contributed by atoms with E-state index in [9.17, 15) is 18.0 Å². The first-order valence-corrected chi connectivity index (χ1v) is 10.9. The lowest BCUT2D eigenvalue weighted by molar-refractivity contribution is -0.153. The van der Waals surface area contributed by atoms with Crippen molar-refractivity contribution in [1.29, 1.82) is 0 Å². The summed E-state index contributed by atoms with van der Waals surface area (Å²) in [5.74, 6) is -0.973. The lowest BCUT2D eigenvalue weighted by Crippen LogP contribution is -2.48. The molecule has 2 aliphatic rings. The summed E-state index contributed by atoms with van der Waals surface area (Å²) < 4.78 is 58.3. The van der Waals surface area contributed by atoms with Crippen LogP contribution in [-0.4, -0.2) is 53.1 Å². The van der Waals surface area contributed by atoms with Crippen LogP contribution in [0.4, 0.5) is 19.0 Å². The standard InChI is InChI=1S/C18H21NO5.C5H4F3N3/c1-18(2)23-14-6-8-22-15(16(14)24-18)10-19-17(20)12-3-4-13-11(9-12)5-7-21-13;6-5(7,8)3-1-10-2-4(9)11-3/h3-5,7,9,14-16H,6,8,10H2,1-2H3,(H,19,20);1-2H,(H2,9,11). The SMILES string of the molecule is CC1(C)OC2CCOC(CNC(=O)c3ccc4occc4c3)C2O1.Nc1cncc(C(F)(F)F)n1. The van der Waals surface area contributed by atoms with Gasteiger partial charge in [-0.05, 0) is 44.5 Å². The molecule has 4 heterocycles. The molecule has 1 amide bonds. The zero-order valence-corrected chi connectivity index (χ0v) is 19.0. The van der Waals surface area contributed by atoms with E-state index in [0.717, 1.165) is 23.6 Å². The zero-order valence-electron chi connectivity index (χ0n) is 19.0. The maximum absolute atomic E-state index is 12.4. The van der Waals surface area contributed by atoms with Gasteiger partial charge in [0.1, 0.15) is 23.6 Å². The molecule has 5 rings (SSSR count). The van der Waals surface area contributed by atoms with Gasteiger partial charge >= 0.3 is 6.18 Å². The highest BCUT2D eigenvalue weighted by atomic mass is 19.4. The second kappa shape index (κ2) is 9.80. The van der Waals surface area contributed by atoms with Crippen molar-refractivity contribution in [2.45, 2.75) is 50.5 Å². The van der Waals surface area contributed by atoms with E-state index < -0.39 is 17.7 Å². The lowest BCUT2D eigenvalue weighted by Gasteiger charge is -2.31. The average Bonchev–Trinajstić information content (AvgIpc) is 3.39. The van der Waals surface area contributed by atoms with Crippen molar-refractivity contribution in [2.24, 2.45) is 0 Å². The number of hydrogen-bond donors (Lipinski definition) is 2. The van der Waals surface area contributed by atoms with E-state index in [1.165, 1.54) is 0 Å². The van der Waals surface area contributed by atoms with E-state index in [-0.39, 0.29) is 30.0 Å². The van der Waals surface area contributed by atoms with Gasteiger partial charge in [-0.15, -0.1) is 0 Å². The van der Waals surface area contributed by atoms with Crippen molar-refractivity contribution >= 4 is 22.7 Å². The summed E-state index contributed by atoms with van der Waals surface area (Å²) in [7, 11) is 0. The van der Waals surface area contributed by atoms with Crippen molar-refractivity contribution in [1.82, 2.24) is 15.3 Å². The van der Waals surface area contributed by atoms with Crippen molar-refractivity contribution in [2.75, 3.05) is 18.9 Å². The number of fused-ring (bicyclic) bond motifs is 2. The van der Waals surface area contributed by atoms with Crippen molar-refractivity contribution in [3.05, 3.63) is 54.2 Å². The Balaban J connectivity index is 0.000000221. The molecule has 1 aromatic carbocycles. The third-order valence-electron chi connectivity index (χ3n) is 5.44. The fourth-order valence-corrected chi connectivity index (χ4v) is 3.93. The summed E-state index contributed by atoms with van der Waals surface area (Å²) >= 11 is 0. The highest BCUT2D eigenvalue weighted by molar-refractivity contribution is 5.97. The number of aromatic nitrogens is 2. The van der Waals surface area contributed by atoms with Gasteiger partial charge in [0, 0.05) is 24.1 Å². The number of nitrogens with one attached hydrogen (secondary N) is 1. The number of nitrogens with two attached hydrogens (primary N) is 1. The summed E-state index contributed by atoms with van der Waals surface area (Å²) in [6.07, 6.45) is -0.693. The number of alkyl halides is 3. The predicted molar refractivity (Wildman–Crippen MR) is 118 cm³/mol. The number of furan rings is 1. The summed E-state index contributed by atoms with van der Waals surface area (Å²) in [6.45, 7) is 4.81. The molecule has 2 saturated heterocycles. The van der Waals surface area contributed by atoms with E-state index in [1.807, 2.05) is 26.0 Å². The normalized spacial score (nSPS) is 23.3. The molecular formula is C23H25F3N4O5. The highest BCUT2D eigenvalue weighted by Crippen LogP contribution is 2.35. The minimum atomic E-state index is -4.47. The third kappa shape index (κ3) is 6.08. The van der Waals surface area contributed by atoms with Gasteiger partial charge in [0.05, 0.1) is 24.8 Å². The molecule has 0 saturated carbocycles. The lowest BCUT2D eigenvalue weighted by atomic mass is 10.0.